The molecule has 37 heavy (non-hydrogen) atoms. The van der Waals surface area contributed by atoms with Crippen LogP contribution in [-0.2, 0) is 17.7 Å². The van der Waals surface area contributed by atoms with E-state index in [1.54, 1.807) is 0 Å². The summed E-state index contributed by atoms with van der Waals surface area (Å²) in [7, 11) is 0. The fourth-order valence-electron chi connectivity index (χ4n) is 5.49. The highest BCUT2D eigenvalue weighted by molar-refractivity contribution is 5.97. The number of nitrogens with one attached hydrogen (secondary N) is 1. The normalized spacial score (nSPS) is 18.6. The van der Waals surface area contributed by atoms with Crippen LogP contribution in [0.15, 0.2) is 48.5 Å². The number of aromatic nitrogens is 3. The first-order valence-corrected chi connectivity index (χ1v) is 13.4. The van der Waals surface area contributed by atoms with Gasteiger partial charge in [0.05, 0.1) is 29.5 Å². The van der Waals surface area contributed by atoms with Crippen LogP contribution in [-0.4, -0.2) is 45.4 Å². The van der Waals surface area contributed by atoms with Gasteiger partial charge in [0.25, 0.3) is 0 Å². The number of aryl methyl sites for hydroxylation is 3. The van der Waals surface area contributed by atoms with Crippen molar-refractivity contribution in [3.05, 3.63) is 76.6 Å². The molecule has 6 heteroatoms. The van der Waals surface area contributed by atoms with E-state index < -0.39 is 0 Å². The Morgan fingerprint density at radius 1 is 1.11 bits per heavy atom. The summed E-state index contributed by atoms with van der Waals surface area (Å²) in [5.41, 5.74) is 8.76. The van der Waals surface area contributed by atoms with Gasteiger partial charge in [0.2, 0.25) is 0 Å². The molecule has 6 nitrogen and oxygen atoms in total. The second-order valence-corrected chi connectivity index (χ2v) is 10.5. The number of hydrogen-bond acceptors (Lipinski definition) is 5. The van der Waals surface area contributed by atoms with Crippen LogP contribution in [0, 0.1) is 13.8 Å². The molecule has 1 aliphatic rings. The lowest BCUT2D eigenvalue weighted by Crippen LogP contribution is -2.42. The maximum atomic E-state index is 6.44. The highest BCUT2D eigenvalue weighted by Crippen LogP contribution is 2.37. The highest BCUT2D eigenvalue weighted by Gasteiger charge is 2.28. The zero-order valence-corrected chi connectivity index (χ0v) is 22.8. The molecule has 1 aliphatic heterocycles. The van der Waals surface area contributed by atoms with E-state index in [0.29, 0.717) is 0 Å². The second-order valence-electron chi connectivity index (χ2n) is 10.5. The number of fused-ring (bicyclic) bond motifs is 1. The first-order valence-electron chi connectivity index (χ1n) is 13.4. The summed E-state index contributed by atoms with van der Waals surface area (Å²) >= 11 is 0. The van der Waals surface area contributed by atoms with Crippen molar-refractivity contribution < 1.29 is 9.47 Å². The van der Waals surface area contributed by atoms with E-state index in [0.717, 1.165) is 70.9 Å². The molecule has 2 aromatic heterocycles. The van der Waals surface area contributed by atoms with Crippen LogP contribution >= 0.6 is 0 Å². The first-order chi connectivity index (χ1) is 17.8. The van der Waals surface area contributed by atoms with Crippen LogP contribution < -0.4 is 4.74 Å². The lowest BCUT2D eigenvalue weighted by Gasteiger charge is -2.37. The Bertz CT molecular complexity index is 1380. The molecule has 3 heterocycles. The minimum atomic E-state index is 0.0562. The molecule has 4 aromatic rings. The lowest BCUT2D eigenvalue weighted by molar-refractivity contribution is -0.0816. The molecule has 1 N–H and O–H groups in total. The van der Waals surface area contributed by atoms with Crippen LogP contribution in [0.3, 0.4) is 0 Å². The van der Waals surface area contributed by atoms with Crippen molar-refractivity contribution in [3.63, 3.8) is 0 Å². The average molecular weight is 499 g/mol. The molecule has 2 atom stereocenters. The fourth-order valence-corrected chi connectivity index (χ4v) is 5.49. The molecule has 2 aromatic carbocycles. The molecule has 1 saturated heterocycles. The minimum Gasteiger partial charge on any atom is -0.491 e. The predicted octanol–water partition coefficient (Wildman–Crippen LogP) is 6.55. The smallest absolute Gasteiger partial charge is 0.128 e. The molecule has 0 aliphatic carbocycles. The Morgan fingerprint density at radius 3 is 2.62 bits per heavy atom. The summed E-state index contributed by atoms with van der Waals surface area (Å²) in [6.45, 7) is 15.2. The van der Waals surface area contributed by atoms with Crippen molar-refractivity contribution in [3.8, 4) is 17.0 Å². The summed E-state index contributed by atoms with van der Waals surface area (Å²) in [5, 5.41) is 8.80. The standard InChI is InChI=1S/C31H38N4O2/c1-7-23-13-14-26-30(22(6)33-34-26)31(23)27-15-28(36-19(2)3)25(21(5)32-27)17-35-16-20(4)37-29(18-35)24-11-9-8-10-12-24/h8-15,19-20,29H,7,16-18H2,1-6H3,(H,33,34). The Morgan fingerprint density at radius 2 is 1.89 bits per heavy atom. The van der Waals surface area contributed by atoms with Crippen LogP contribution in [0.5, 0.6) is 5.75 Å². The van der Waals surface area contributed by atoms with Crippen molar-refractivity contribution in [2.45, 2.75) is 72.8 Å². The van der Waals surface area contributed by atoms with Gasteiger partial charge >= 0.3 is 0 Å². The number of nitrogens with zero attached hydrogens (tertiary/aromatic N) is 3. The maximum absolute atomic E-state index is 6.44. The Kier molecular flexibility index (Phi) is 7.31. The second kappa shape index (κ2) is 10.6. The van der Waals surface area contributed by atoms with E-state index in [4.69, 9.17) is 14.5 Å². The Hall–Kier alpha value is -3.22. The molecule has 2 unspecified atom stereocenters. The summed E-state index contributed by atoms with van der Waals surface area (Å²) in [6, 6.07) is 16.9. The molecule has 0 saturated carbocycles. The topological polar surface area (TPSA) is 63.3 Å². The lowest BCUT2D eigenvalue weighted by atomic mass is 9.95. The van der Waals surface area contributed by atoms with E-state index in [2.05, 4.69) is 105 Å². The highest BCUT2D eigenvalue weighted by atomic mass is 16.5. The molecule has 0 amide bonds. The largest absolute Gasteiger partial charge is 0.491 e. The van der Waals surface area contributed by atoms with E-state index in [1.807, 2.05) is 0 Å². The van der Waals surface area contributed by atoms with Crippen LogP contribution in [0.4, 0.5) is 0 Å². The Labute approximate surface area is 220 Å². The average Bonchev–Trinajstić information content (AvgIpc) is 3.26. The zero-order chi connectivity index (χ0) is 26.1. The number of pyridine rings is 1. The van der Waals surface area contributed by atoms with E-state index in [9.17, 15) is 0 Å². The number of H-pyrrole nitrogens is 1. The van der Waals surface area contributed by atoms with Gasteiger partial charge in [-0.05, 0) is 58.2 Å². The molecule has 0 spiro atoms. The SMILES string of the molecule is CCc1ccc2n[nH]c(C)c2c1-c1cc(OC(C)C)c(CN2CC(C)OC(c3ccccc3)C2)c(C)n1. The van der Waals surface area contributed by atoms with Gasteiger partial charge in [-0.1, -0.05) is 43.3 Å². The molecule has 1 fully saturated rings. The first kappa shape index (κ1) is 25.4. The van der Waals surface area contributed by atoms with Gasteiger partial charge < -0.3 is 9.47 Å². The molecular formula is C31H38N4O2. The molecule has 0 radical (unpaired) electrons. The van der Waals surface area contributed by atoms with Crippen molar-refractivity contribution >= 4 is 10.9 Å². The zero-order valence-electron chi connectivity index (χ0n) is 22.8. The third-order valence-electron chi connectivity index (χ3n) is 7.17. The minimum absolute atomic E-state index is 0.0562. The van der Waals surface area contributed by atoms with Crippen molar-refractivity contribution in [2.75, 3.05) is 13.1 Å². The number of benzene rings is 2. The van der Waals surface area contributed by atoms with Crippen molar-refractivity contribution in [1.82, 2.24) is 20.1 Å². The summed E-state index contributed by atoms with van der Waals surface area (Å²) in [4.78, 5) is 7.65. The van der Waals surface area contributed by atoms with Crippen LogP contribution in [0.2, 0.25) is 0 Å². The quantitative estimate of drug-likeness (QED) is 0.313. The van der Waals surface area contributed by atoms with Crippen molar-refractivity contribution in [2.24, 2.45) is 0 Å². The number of hydrogen-bond donors (Lipinski definition) is 1. The summed E-state index contributed by atoms with van der Waals surface area (Å²) in [5.74, 6) is 0.910. The predicted molar refractivity (Wildman–Crippen MR) is 149 cm³/mol. The van der Waals surface area contributed by atoms with E-state index >= 15 is 0 Å². The molecule has 194 valence electrons. The summed E-state index contributed by atoms with van der Waals surface area (Å²) < 4.78 is 12.8. The Balaban J connectivity index is 1.54. The van der Waals surface area contributed by atoms with Gasteiger partial charge in [0.1, 0.15) is 5.75 Å². The monoisotopic (exact) mass is 498 g/mol. The molecule has 5 rings (SSSR count). The third-order valence-corrected chi connectivity index (χ3v) is 7.17. The maximum Gasteiger partial charge on any atom is 0.128 e. The van der Waals surface area contributed by atoms with Gasteiger partial charge in [0, 0.05) is 53.6 Å². The fraction of sp³-hybridized carbons (Fsp3) is 0.419. The third kappa shape index (κ3) is 5.27. The van der Waals surface area contributed by atoms with Crippen LogP contribution in [0.1, 0.15) is 61.9 Å². The number of rotatable bonds is 7. The van der Waals surface area contributed by atoms with Gasteiger partial charge in [-0.2, -0.15) is 5.10 Å². The summed E-state index contributed by atoms with van der Waals surface area (Å²) in [6.07, 6.45) is 1.19. The molecule has 0 bridgehead atoms. The van der Waals surface area contributed by atoms with Crippen LogP contribution in [0.25, 0.3) is 22.2 Å². The van der Waals surface area contributed by atoms with E-state index in [-0.39, 0.29) is 18.3 Å². The molecular weight excluding hydrogens is 460 g/mol. The van der Waals surface area contributed by atoms with Gasteiger partial charge in [0.15, 0.2) is 0 Å². The number of aromatic amines is 1. The van der Waals surface area contributed by atoms with E-state index in [1.165, 1.54) is 11.1 Å². The van der Waals surface area contributed by atoms with Gasteiger partial charge in [-0.15, -0.1) is 0 Å². The number of ether oxygens (including phenoxy) is 2. The van der Waals surface area contributed by atoms with Gasteiger partial charge in [-0.25, -0.2) is 0 Å². The number of morpholine rings is 1. The van der Waals surface area contributed by atoms with Crippen molar-refractivity contribution in [1.29, 1.82) is 0 Å². The van der Waals surface area contributed by atoms with Gasteiger partial charge in [-0.3, -0.25) is 15.0 Å².